The number of hydrogen-bond donors (Lipinski definition) is 0. The molecule has 0 N–H and O–H groups in total. The van der Waals surface area contributed by atoms with Crippen molar-refractivity contribution in [3.63, 3.8) is 0 Å². The molecule has 0 aliphatic carbocycles. The summed E-state index contributed by atoms with van der Waals surface area (Å²) in [6.45, 7) is 8.01. The van der Waals surface area contributed by atoms with E-state index < -0.39 is 0 Å². The molecular formula is C15H24O3. The summed E-state index contributed by atoms with van der Waals surface area (Å²) in [5.41, 5.74) is 1.32. The van der Waals surface area contributed by atoms with Crippen LogP contribution in [0.25, 0.3) is 0 Å². The van der Waals surface area contributed by atoms with Crippen LogP contribution < -0.4 is 4.74 Å². The van der Waals surface area contributed by atoms with Crippen molar-refractivity contribution in [1.29, 1.82) is 0 Å². The summed E-state index contributed by atoms with van der Waals surface area (Å²) in [5.74, 6) is 0.902. The SMILES string of the molecule is CCOC(CCOc1ccc(CC)cc1)OCC. The smallest absolute Gasteiger partial charge is 0.160 e. The molecule has 1 rings (SSSR count). The van der Waals surface area contributed by atoms with Gasteiger partial charge in [0, 0.05) is 19.6 Å². The molecule has 0 bridgehead atoms. The van der Waals surface area contributed by atoms with Gasteiger partial charge in [0.1, 0.15) is 5.75 Å². The van der Waals surface area contributed by atoms with Gasteiger partial charge in [0.15, 0.2) is 6.29 Å². The summed E-state index contributed by atoms with van der Waals surface area (Å²) in [6, 6.07) is 8.21. The Kier molecular flexibility index (Phi) is 7.46. The molecule has 0 heterocycles. The molecule has 18 heavy (non-hydrogen) atoms. The minimum Gasteiger partial charge on any atom is -0.493 e. The summed E-state index contributed by atoms with van der Waals surface area (Å²) >= 11 is 0. The first kappa shape index (κ1) is 15.0. The van der Waals surface area contributed by atoms with Crippen molar-refractivity contribution in [3.05, 3.63) is 29.8 Å². The maximum absolute atomic E-state index is 5.67. The standard InChI is InChI=1S/C15H24O3/c1-4-13-7-9-14(10-8-13)18-12-11-15(16-5-2)17-6-3/h7-10,15H,4-6,11-12H2,1-3H3. The molecule has 3 heteroatoms. The molecule has 1 aromatic rings. The van der Waals surface area contributed by atoms with Crippen LogP contribution in [0.2, 0.25) is 0 Å². The first-order valence-corrected chi connectivity index (χ1v) is 6.75. The maximum atomic E-state index is 5.67. The fourth-order valence-electron chi connectivity index (χ4n) is 1.68. The summed E-state index contributed by atoms with van der Waals surface area (Å²) < 4.78 is 16.6. The molecule has 0 atom stereocenters. The summed E-state index contributed by atoms with van der Waals surface area (Å²) in [6.07, 6.45) is 1.64. The van der Waals surface area contributed by atoms with Crippen LogP contribution in [-0.2, 0) is 15.9 Å². The molecule has 0 radical (unpaired) electrons. The average Bonchev–Trinajstić information content (AvgIpc) is 2.40. The second-order valence-electron chi connectivity index (χ2n) is 3.97. The van der Waals surface area contributed by atoms with Crippen LogP contribution in [0.4, 0.5) is 0 Å². The molecule has 0 amide bonds. The van der Waals surface area contributed by atoms with E-state index in [-0.39, 0.29) is 6.29 Å². The van der Waals surface area contributed by atoms with Crippen LogP contribution in [0.3, 0.4) is 0 Å². The van der Waals surface area contributed by atoms with Gasteiger partial charge in [0.25, 0.3) is 0 Å². The molecule has 0 unspecified atom stereocenters. The van der Waals surface area contributed by atoms with Gasteiger partial charge in [-0.05, 0) is 38.0 Å². The highest BCUT2D eigenvalue weighted by atomic mass is 16.7. The Hall–Kier alpha value is -1.06. The Balaban J connectivity index is 2.30. The zero-order valence-corrected chi connectivity index (χ0v) is 11.6. The zero-order chi connectivity index (χ0) is 13.2. The Labute approximate surface area is 110 Å². The van der Waals surface area contributed by atoms with Crippen molar-refractivity contribution in [2.45, 2.75) is 39.9 Å². The van der Waals surface area contributed by atoms with Crippen molar-refractivity contribution in [2.75, 3.05) is 19.8 Å². The number of aryl methyl sites for hydroxylation is 1. The monoisotopic (exact) mass is 252 g/mol. The first-order valence-electron chi connectivity index (χ1n) is 6.75. The molecule has 1 aromatic carbocycles. The van der Waals surface area contributed by atoms with E-state index in [2.05, 4.69) is 19.1 Å². The maximum Gasteiger partial charge on any atom is 0.160 e. The summed E-state index contributed by atoms with van der Waals surface area (Å²) in [5, 5.41) is 0. The first-order chi connectivity index (χ1) is 8.80. The van der Waals surface area contributed by atoms with E-state index >= 15 is 0 Å². The topological polar surface area (TPSA) is 27.7 Å². The molecule has 0 fully saturated rings. The predicted molar refractivity (Wildman–Crippen MR) is 73.0 cm³/mol. The molecule has 0 aromatic heterocycles. The molecule has 0 aliphatic heterocycles. The van der Waals surface area contributed by atoms with Crippen molar-refractivity contribution >= 4 is 0 Å². The second-order valence-corrected chi connectivity index (χ2v) is 3.97. The van der Waals surface area contributed by atoms with Crippen molar-refractivity contribution in [1.82, 2.24) is 0 Å². The summed E-state index contributed by atoms with van der Waals surface area (Å²) in [7, 11) is 0. The highest BCUT2D eigenvalue weighted by Crippen LogP contribution is 2.13. The average molecular weight is 252 g/mol. The summed E-state index contributed by atoms with van der Waals surface area (Å²) in [4.78, 5) is 0. The van der Waals surface area contributed by atoms with Gasteiger partial charge in [-0.1, -0.05) is 19.1 Å². The third-order valence-corrected chi connectivity index (χ3v) is 2.66. The molecule has 3 nitrogen and oxygen atoms in total. The van der Waals surface area contributed by atoms with Crippen LogP contribution in [-0.4, -0.2) is 26.1 Å². The molecule has 0 saturated carbocycles. The van der Waals surface area contributed by atoms with Crippen molar-refractivity contribution in [2.24, 2.45) is 0 Å². The Morgan fingerprint density at radius 2 is 1.56 bits per heavy atom. The van der Waals surface area contributed by atoms with Crippen molar-refractivity contribution < 1.29 is 14.2 Å². The number of ether oxygens (including phenoxy) is 3. The van der Waals surface area contributed by atoms with Gasteiger partial charge >= 0.3 is 0 Å². The van der Waals surface area contributed by atoms with E-state index in [1.54, 1.807) is 0 Å². The third kappa shape index (κ3) is 5.52. The van der Waals surface area contributed by atoms with Gasteiger partial charge in [-0.3, -0.25) is 0 Å². The minimum atomic E-state index is -0.157. The lowest BCUT2D eigenvalue weighted by Gasteiger charge is -2.17. The quantitative estimate of drug-likeness (QED) is 0.630. The van der Waals surface area contributed by atoms with Gasteiger partial charge in [-0.2, -0.15) is 0 Å². The van der Waals surface area contributed by atoms with E-state index in [0.29, 0.717) is 19.8 Å². The van der Waals surface area contributed by atoms with E-state index in [1.165, 1.54) is 5.56 Å². The van der Waals surface area contributed by atoms with E-state index in [9.17, 15) is 0 Å². The van der Waals surface area contributed by atoms with Gasteiger partial charge < -0.3 is 14.2 Å². The Morgan fingerprint density at radius 3 is 2.06 bits per heavy atom. The fraction of sp³-hybridized carbons (Fsp3) is 0.600. The van der Waals surface area contributed by atoms with E-state index in [0.717, 1.165) is 18.6 Å². The zero-order valence-electron chi connectivity index (χ0n) is 11.6. The van der Waals surface area contributed by atoms with Gasteiger partial charge in [-0.25, -0.2) is 0 Å². The van der Waals surface area contributed by atoms with Crippen LogP contribution in [0, 0.1) is 0 Å². The predicted octanol–water partition coefficient (Wildman–Crippen LogP) is 3.42. The largest absolute Gasteiger partial charge is 0.493 e. The molecule has 0 saturated heterocycles. The fourth-order valence-corrected chi connectivity index (χ4v) is 1.68. The lowest BCUT2D eigenvalue weighted by molar-refractivity contribution is -0.142. The van der Waals surface area contributed by atoms with Crippen LogP contribution >= 0.6 is 0 Å². The normalized spacial score (nSPS) is 10.9. The van der Waals surface area contributed by atoms with Crippen LogP contribution in [0.15, 0.2) is 24.3 Å². The van der Waals surface area contributed by atoms with Crippen LogP contribution in [0.5, 0.6) is 5.75 Å². The number of hydrogen-bond acceptors (Lipinski definition) is 3. The Morgan fingerprint density at radius 1 is 0.944 bits per heavy atom. The highest BCUT2D eigenvalue weighted by molar-refractivity contribution is 5.27. The molecular weight excluding hydrogens is 228 g/mol. The van der Waals surface area contributed by atoms with Gasteiger partial charge in [0.2, 0.25) is 0 Å². The minimum absolute atomic E-state index is 0.157. The number of rotatable bonds is 9. The molecule has 0 aliphatic rings. The lowest BCUT2D eigenvalue weighted by Crippen LogP contribution is -2.20. The van der Waals surface area contributed by atoms with Gasteiger partial charge in [0.05, 0.1) is 6.61 Å². The molecule has 102 valence electrons. The van der Waals surface area contributed by atoms with Gasteiger partial charge in [-0.15, -0.1) is 0 Å². The molecule has 0 spiro atoms. The van der Waals surface area contributed by atoms with Crippen molar-refractivity contribution in [3.8, 4) is 5.75 Å². The number of benzene rings is 1. The second kappa shape index (κ2) is 8.95. The van der Waals surface area contributed by atoms with E-state index in [4.69, 9.17) is 14.2 Å². The third-order valence-electron chi connectivity index (χ3n) is 2.66. The van der Waals surface area contributed by atoms with E-state index in [1.807, 2.05) is 26.0 Å². The van der Waals surface area contributed by atoms with Crippen LogP contribution in [0.1, 0.15) is 32.8 Å². The lowest BCUT2D eigenvalue weighted by atomic mass is 10.2. The highest BCUT2D eigenvalue weighted by Gasteiger charge is 2.07. The Bertz CT molecular complexity index is 302.